The van der Waals surface area contributed by atoms with Crippen LogP contribution in [0, 0.1) is 0 Å². The number of phenols is 2. The van der Waals surface area contributed by atoms with Crippen molar-refractivity contribution in [1.82, 2.24) is 0 Å². The Kier molecular flexibility index (Phi) is 5.13. The molecule has 6 nitrogen and oxygen atoms in total. The molecule has 3 rings (SSSR count). The Morgan fingerprint density at radius 3 is 0.929 bits per heavy atom. The highest BCUT2D eigenvalue weighted by Gasteiger charge is 2.12. The lowest BCUT2D eigenvalue weighted by Crippen LogP contribution is -1.92. The van der Waals surface area contributed by atoms with E-state index in [4.69, 9.17) is 0 Å². The van der Waals surface area contributed by atoms with E-state index in [2.05, 4.69) is 0 Å². The lowest BCUT2D eigenvalue weighted by Gasteiger charge is -2.10. The van der Waals surface area contributed by atoms with Gasteiger partial charge in [-0.05, 0) is 46.5 Å². The van der Waals surface area contributed by atoms with Crippen LogP contribution in [0.5, 0.6) is 11.5 Å². The molecule has 0 aliphatic heterocycles. The van der Waals surface area contributed by atoms with Crippen LogP contribution in [-0.2, 0) is 0 Å². The second-order valence-electron chi connectivity index (χ2n) is 6.06. The molecule has 0 bridgehead atoms. The summed E-state index contributed by atoms with van der Waals surface area (Å²) in [6, 6.07) is 12.8. The van der Waals surface area contributed by atoms with Crippen molar-refractivity contribution >= 4 is 25.1 Å². The van der Waals surface area contributed by atoms with E-state index in [1.807, 2.05) is 0 Å². The minimum atomic E-state index is -0.364. The van der Waals surface area contributed by atoms with E-state index in [1.54, 1.807) is 24.3 Å². The maximum absolute atomic E-state index is 11.1. The summed E-state index contributed by atoms with van der Waals surface area (Å²) in [6.45, 7) is 0. The lowest BCUT2D eigenvalue weighted by atomic mass is 9.95. The van der Waals surface area contributed by atoms with Gasteiger partial charge in [0.2, 0.25) is 0 Å². The van der Waals surface area contributed by atoms with Crippen molar-refractivity contribution in [3.05, 3.63) is 70.8 Å². The summed E-state index contributed by atoms with van der Waals surface area (Å²) in [5.74, 6) is -0.727. The standard InChI is InChI=1S/C22H14O6/c23-9-17-5-15(6-18(10-24)21(17)27)13-1-2-14(4-3-13)16-7-19(11-25)22(28)20(8-16)12-26/h1-12,27-28H. The normalized spacial score (nSPS) is 10.3. The summed E-state index contributed by atoms with van der Waals surface area (Å²) in [7, 11) is 0. The zero-order valence-corrected chi connectivity index (χ0v) is 14.5. The van der Waals surface area contributed by atoms with Gasteiger partial charge in [0.1, 0.15) is 11.5 Å². The van der Waals surface area contributed by atoms with Gasteiger partial charge in [-0.1, -0.05) is 24.3 Å². The topological polar surface area (TPSA) is 109 Å². The Bertz CT molecular complexity index is 950. The molecule has 0 unspecified atom stereocenters. The van der Waals surface area contributed by atoms with E-state index in [0.29, 0.717) is 47.4 Å². The smallest absolute Gasteiger partial charge is 0.153 e. The van der Waals surface area contributed by atoms with Gasteiger partial charge in [-0.2, -0.15) is 0 Å². The van der Waals surface area contributed by atoms with Crippen LogP contribution >= 0.6 is 0 Å². The lowest BCUT2D eigenvalue weighted by molar-refractivity contribution is 0.110. The second-order valence-corrected chi connectivity index (χ2v) is 6.06. The Balaban J connectivity index is 2.06. The molecular formula is C22H14O6. The number of carbonyl (C=O) groups is 4. The third-order valence-electron chi connectivity index (χ3n) is 4.40. The van der Waals surface area contributed by atoms with Gasteiger partial charge in [0, 0.05) is 0 Å². The maximum atomic E-state index is 11.1. The molecule has 0 aliphatic rings. The monoisotopic (exact) mass is 374 g/mol. The highest BCUT2D eigenvalue weighted by atomic mass is 16.3. The molecule has 0 spiro atoms. The van der Waals surface area contributed by atoms with Crippen LogP contribution in [0.1, 0.15) is 41.4 Å². The van der Waals surface area contributed by atoms with Crippen molar-refractivity contribution in [1.29, 1.82) is 0 Å². The van der Waals surface area contributed by atoms with Crippen LogP contribution < -0.4 is 0 Å². The molecule has 0 heterocycles. The average molecular weight is 374 g/mol. The number of hydrogen-bond acceptors (Lipinski definition) is 6. The minimum absolute atomic E-state index is 0.00783. The van der Waals surface area contributed by atoms with Gasteiger partial charge in [0.25, 0.3) is 0 Å². The van der Waals surface area contributed by atoms with Gasteiger partial charge in [-0.3, -0.25) is 19.2 Å². The summed E-state index contributed by atoms with van der Waals surface area (Å²) in [5.41, 5.74) is 2.56. The summed E-state index contributed by atoms with van der Waals surface area (Å²) in [6.07, 6.45) is 1.88. The van der Waals surface area contributed by atoms with Crippen LogP contribution in [0.2, 0.25) is 0 Å². The fourth-order valence-electron chi connectivity index (χ4n) is 2.91. The predicted molar refractivity (Wildman–Crippen MR) is 102 cm³/mol. The first-order chi connectivity index (χ1) is 13.5. The van der Waals surface area contributed by atoms with Crippen molar-refractivity contribution in [3.63, 3.8) is 0 Å². The zero-order chi connectivity index (χ0) is 20.3. The Morgan fingerprint density at radius 1 is 0.464 bits per heavy atom. The van der Waals surface area contributed by atoms with Crippen LogP contribution in [0.15, 0.2) is 48.5 Å². The van der Waals surface area contributed by atoms with Crippen LogP contribution in [0.3, 0.4) is 0 Å². The van der Waals surface area contributed by atoms with E-state index in [1.165, 1.54) is 24.3 Å². The second kappa shape index (κ2) is 7.67. The summed E-state index contributed by atoms with van der Waals surface area (Å²) in [5, 5.41) is 19.7. The number of benzene rings is 3. The molecule has 28 heavy (non-hydrogen) atoms. The fourth-order valence-corrected chi connectivity index (χ4v) is 2.91. The van der Waals surface area contributed by atoms with Crippen LogP contribution in [-0.4, -0.2) is 35.4 Å². The van der Waals surface area contributed by atoms with Crippen molar-refractivity contribution in [2.75, 3.05) is 0 Å². The van der Waals surface area contributed by atoms with Crippen molar-refractivity contribution in [2.24, 2.45) is 0 Å². The molecule has 0 atom stereocenters. The SMILES string of the molecule is O=Cc1cc(-c2ccc(-c3cc(C=O)c(O)c(C=O)c3)cc2)cc(C=O)c1O. The molecule has 3 aromatic rings. The third-order valence-corrected chi connectivity index (χ3v) is 4.40. The molecule has 0 saturated carbocycles. The number of carbonyl (C=O) groups excluding carboxylic acids is 4. The van der Waals surface area contributed by atoms with Gasteiger partial charge in [0.05, 0.1) is 22.3 Å². The molecule has 0 radical (unpaired) electrons. The molecule has 6 heteroatoms. The van der Waals surface area contributed by atoms with Gasteiger partial charge in [0.15, 0.2) is 25.1 Å². The molecule has 0 fully saturated rings. The predicted octanol–water partition coefficient (Wildman–Crippen LogP) is 3.68. The highest BCUT2D eigenvalue weighted by molar-refractivity contribution is 5.93. The molecule has 0 amide bonds. The number of aromatic hydroxyl groups is 2. The van der Waals surface area contributed by atoms with Crippen LogP contribution in [0.4, 0.5) is 0 Å². The fraction of sp³-hybridized carbons (Fsp3) is 0. The van der Waals surface area contributed by atoms with Gasteiger partial charge in [-0.15, -0.1) is 0 Å². The average Bonchev–Trinajstić information content (AvgIpc) is 2.74. The van der Waals surface area contributed by atoms with E-state index >= 15 is 0 Å². The van der Waals surface area contributed by atoms with Gasteiger partial charge >= 0.3 is 0 Å². The van der Waals surface area contributed by atoms with E-state index in [-0.39, 0.29) is 33.8 Å². The summed E-state index contributed by atoms with van der Waals surface area (Å²) < 4.78 is 0. The zero-order valence-electron chi connectivity index (χ0n) is 14.5. The number of hydrogen-bond donors (Lipinski definition) is 2. The number of rotatable bonds is 6. The maximum Gasteiger partial charge on any atom is 0.153 e. The first-order valence-corrected chi connectivity index (χ1v) is 8.18. The van der Waals surface area contributed by atoms with Crippen molar-refractivity contribution in [2.45, 2.75) is 0 Å². The Hall–Kier alpha value is -4.06. The molecule has 2 N–H and O–H groups in total. The van der Waals surface area contributed by atoms with Crippen molar-refractivity contribution < 1.29 is 29.4 Å². The first kappa shape index (κ1) is 18.7. The molecule has 0 aliphatic carbocycles. The minimum Gasteiger partial charge on any atom is -0.506 e. The van der Waals surface area contributed by atoms with E-state index < -0.39 is 0 Å². The first-order valence-electron chi connectivity index (χ1n) is 8.18. The van der Waals surface area contributed by atoms with E-state index in [9.17, 15) is 29.4 Å². The Morgan fingerprint density at radius 2 is 0.714 bits per heavy atom. The molecule has 0 aromatic heterocycles. The molecule has 3 aromatic carbocycles. The van der Waals surface area contributed by atoms with Crippen LogP contribution in [0.25, 0.3) is 22.3 Å². The van der Waals surface area contributed by atoms with Gasteiger partial charge in [-0.25, -0.2) is 0 Å². The highest BCUT2D eigenvalue weighted by Crippen LogP contribution is 2.32. The number of aldehydes is 4. The Labute approximate surface area is 159 Å². The number of phenolic OH excluding ortho intramolecular Hbond substituents is 2. The van der Waals surface area contributed by atoms with Gasteiger partial charge < -0.3 is 10.2 Å². The largest absolute Gasteiger partial charge is 0.506 e. The molecule has 0 saturated heterocycles. The molecule has 138 valence electrons. The summed E-state index contributed by atoms with van der Waals surface area (Å²) >= 11 is 0. The quantitative estimate of drug-likeness (QED) is 0.637. The van der Waals surface area contributed by atoms with E-state index in [0.717, 1.165) is 0 Å². The summed E-state index contributed by atoms with van der Waals surface area (Å²) in [4.78, 5) is 44.5. The van der Waals surface area contributed by atoms with Crippen molar-refractivity contribution in [3.8, 4) is 33.8 Å². The third kappa shape index (κ3) is 3.31. The molecular weight excluding hydrogens is 360 g/mol.